The predicted molar refractivity (Wildman–Crippen MR) is 276 cm³/mol. The highest BCUT2D eigenvalue weighted by atomic mass is 32.2. The molecule has 0 aliphatic carbocycles. The minimum atomic E-state index is -3.54. The number of sulfonamides is 2. The molecule has 0 bridgehead atoms. The predicted octanol–water partition coefficient (Wildman–Crippen LogP) is 8.90. The summed E-state index contributed by atoms with van der Waals surface area (Å²) in [5, 5.41) is 28.1. The van der Waals surface area contributed by atoms with Crippen LogP contribution in [0.4, 0.5) is 17.1 Å². The lowest BCUT2D eigenvalue weighted by molar-refractivity contribution is 0.0950. The fourth-order valence-electron chi connectivity index (χ4n) is 7.44. The molecule has 71 heavy (non-hydrogen) atoms. The van der Waals surface area contributed by atoms with Crippen molar-refractivity contribution in [3.63, 3.8) is 0 Å². The van der Waals surface area contributed by atoms with E-state index in [2.05, 4.69) is 41.4 Å². The maximum Gasteiger partial charge on any atom is 0.257 e. The molecule has 2 aromatic heterocycles. The summed E-state index contributed by atoms with van der Waals surface area (Å²) in [5.74, 6) is 2.01. The molecule has 0 saturated carbocycles. The van der Waals surface area contributed by atoms with E-state index < -0.39 is 26.0 Å². The molecule has 7 aromatic rings. The van der Waals surface area contributed by atoms with E-state index in [0.29, 0.717) is 65.8 Å². The van der Waals surface area contributed by atoms with Gasteiger partial charge in [0.2, 0.25) is 25.7 Å². The van der Waals surface area contributed by atoms with Gasteiger partial charge in [0.1, 0.15) is 23.0 Å². The fourth-order valence-corrected chi connectivity index (χ4v) is 8.57. The third-order valence-corrected chi connectivity index (χ3v) is 12.0. The minimum absolute atomic E-state index is 0.00463. The number of aromatic hydroxyl groups is 1. The molecule has 20 heteroatoms. The van der Waals surface area contributed by atoms with E-state index in [0.717, 1.165) is 40.6 Å². The molecule has 0 unspecified atom stereocenters. The van der Waals surface area contributed by atoms with Crippen LogP contribution in [0.2, 0.25) is 0 Å². The van der Waals surface area contributed by atoms with Crippen LogP contribution in [0.15, 0.2) is 97.1 Å². The van der Waals surface area contributed by atoms with Gasteiger partial charge in [0, 0.05) is 23.2 Å². The van der Waals surface area contributed by atoms with Crippen molar-refractivity contribution in [2.45, 2.75) is 66.7 Å². The van der Waals surface area contributed by atoms with E-state index in [4.69, 9.17) is 14.2 Å². The first-order chi connectivity index (χ1) is 33.4. The second kappa shape index (κ2) is 22.0. The van der Waals surface area contributed by atoms with Gasteiger partial charge in [-0.2, -0.15) is 0 Å². The fraction of sp³-hybridized carbons (Fsp3) is 0.294. The zero-order chi connectivity index (χ0) is 51.8. The number of anilines is 3. The summed E-state index contributed by atoms with van der Waals surface area (Å²) in [7, 11) is -5.60. The second-order valence-electron chi connectivity index (χ2n) is 17.9. The average molecular weight is 1010 g/mol. The quantitative estimate of drug-likeness (QED) is 0.0370. The number of fused-ring (bicyclic) bond motifs is 1. The summed E-state index contributed by atoms with van der Waals surface area (Å²) < 4.78 is 70.6. The smallest absolute Gasteiger partial charge is 0.257 e. The number of aromatic amines is 1. The van der Waals surface area contributed by atoms with Crippen molar-refractivity contribution in [3.05, 3.63) is 136 Å². The Bertz CT molecular complexity index is 3290. The lowest BCUT2D eigenvalue weighted by Crippen LogP contribution is -2.25. The van der Waals surface area contributed by atoms with Gasteiger partial charge in [-0.15, -0.1) is 10.2 Å². The van der Waals surface area contributed by atoms with E-state index in [1.165, 1.54) is 24.8 Å². The molecular formula is C51H60N8O10S2. The van der Waals surface area contributed by atoms with Gasteiger partial charge in [-0.05, 0) is 117 Å². The number of amides is 2. The summed E-state index contributed by atoms with van der Waals surface area (Å²) in [5.41, 5.74) is 6.86. The molecule has 0 atom stereocenters. The van der Waals surface area contributed by atoms with E-state index >= 15 is 0 Å². The lowest BCUT2D eigenvalue weighted by Gasteiger charge is -2.23. The Hall–Kier alpha value is -7.58. The van der Waals surface area contributed by atoms with Crippen molar-refractivity contribution in [3.8, 4) is 40.1 Å². The number of phenols is 1. The van der Waals surface area contributed by atoms with Gasteiger partial charge in [0.25, 0.3) is 11.8 Å². The van der Waals surface area contributed by atoms with E-state index in [9.17, 15) is 31.5 Å². The molecule has 0 spiro atoms. The normalized spacial score (nSPS) is 11.6. The number of rotatable bonds is 17. The largest absolute Gasteiger partial charge is 0.505 e. The first kappa shape index (κ1) is 52.8. The standard InChI is InChI=1S/C32H36N6O6S.C19H24N2O4S/c1-6-25-29(31-35-34-30(38(31)36-25)23-11-15-28(42-4)26(19-23)37-45(5,40)41)44-24-12-9-22(10-13-24)32(39)33-16-7-17-43-27-14-8-20(2)18-21(27)3;1-12-10-14(19(2,3)4)17(22)16(11-12)20-18(23)13-8-6-7-9-15(13)21-26(5,24)25/h8-15,18-19,36-37H,6-7,16-17H2,1-5H3,(H,33,39);6-11,21-22H,1-5H3,(H,20,23). The molecule has 6 N–H and O–H groups in total. The highest BCUT2D eigenvalue weighted by Crippen LogP contribution is 2.38. The number of nitrogens with one attached hydrogen (secondary N) is 5. The highest BCUT2D eigenvalue weighted by molar-refractivity contribution is 7.92. The van der Waals surface area contributed by atoms with Gasteiger partial charge in [0.15, 0.2) is 11.6 Å². The van der Waals surface area contributed by atoms with Crippen molar-refractivity contribution >= 4 is 54.6 Å². The number of carbonyl (C=O) groups excluding carboxylic acids is 2. The Morgan fingerprint density at radius 3 is 2.10 bits per heavy atom. The Labute approximate surface area is 414 Å². The lowest BCUT2D eigenvalue weighted by atomic mass is 9.85. The first-order valence-electron chi connectivity index (χ1n) is 22.5. The number of nitrogens with zero attached hydrogens (tertiary/aromatic N) is 3. The van der Waals surface area contributed by atoms with Crippen LogP contribution in [-0.4, -0.2) is 86.3 Å². The van der Waals surface area contributed by atoms with Crippen LogP contribution in [-0.2, 0) is 31.9 Å². The molecule has 0 saturated heterocycles. The van der Waals surface area contributed by atoms with E-state index in [1.807, 2.05) is 66.7 Å². The number of methoxy groups -OCH3 is 1. The van der Waals surface area contributed by atoms with Crippen LogP contribution in [0.3, 0.4) is 0 Å². The van der Waals surface area contributed by atoms with Gasteiger partial charge < -0.3 is 30.0 Å². The zero-order valence-electron chi connectivity index (χ0n) is 41.3. The van der Waals surface area contributed by atoms with Gasteiger partial charge in [-0.25, -0.2) is 21.4 Å². The van der Waals surface area contributed by atoms with Crippen molar-refractivity contribution < 1.29 is 45.7 Å². The third kappa shape index (κ3) is 13.8. The summed E-state index contributed by atoms with van der Waals surface area (Å²) in [6, 6.07) is 27.8. The molecule has 0 aliphatic heterocycles. The Kier molecular flexibility index (Phi) is 16.4. The van der Waals surface area contributed by atoms with Gasteiger partial charge in [-0.1, -0.05) is 63.6 Å². The number of hydrogen-bond acceptors (Lipinski definition) is 12. The van der Waals surface area contributed by atoms with Crippen molar-refractivity contribution in [1.82, 2.24) is 25.1 Å². The van der Waals surface area contributed by atoms with Crippen LogP contribution in [0, 0.1) is 20.8 Å². The summed E-state index contributed by atoms with van der Waals surface area (Å²) in [4.78, 5) is 25.4. The molecule has 2 heterocycles. The maximum absolute atomic E-state index is 12.7. The van der Waals surface area contributed by atoms with Crippen LogP contribution < -0.4 is 34.3 Å². The second-order valence-corrected chi connectivity index (χ2v) is 21.4. The van der Waals surface area contributed by atoms with E-state index in [-0.39, 0.29) is 39.7 Å². The third-order valence-electron chi connectivity index (χ3n) is 10.8. The monoisotopic (exact) mass is 1010 g/mol. The number of aryl methyl sites for hydroxylation is 4. The zero-order valence-corrected chi connectivity index (χ0v) is 43.0. The first-order valence-corrected chi connectivity index (χ1v) is 26.3. The number of phenolic OH excluding ortho intramolecular Hbond substituents is 1. The molecule has 376 valence electrons. The molecule has 18 nitrogen and oxygen atoms in total. The summed E-state index contributed by atoms with van der Waals surface area (Å²) >= 11 is 0. The summed E-state index contributed by atoms with van der Waals surface area (Å²) in [6.45, 7) is 14.8. The number of para-hydroxylation sites is 1. The Morgan fingerprint density at radius 1 is 0.775 bits per heavy atom. The number of hydrogen-bond donors (Lipinski definition) is 6. The molecule has 2 amide bonds. The molecule has 7 rings (SSSR count). The van der Waals surface area contributed by atoms with Crippen molar-refractivity contribution in [2.75, 3.05) is 47.5 Å². The van der Waals surface area contributed by atoms with E-state index in [1.54, 1.807) is 65.2 Å². The topological polar surface area (TPSA) is 244 Å². The molecule has 0 fully saturated rings. The molecule has 0 aliphatic rings. The van der Waals surface area contributed by atoms with Gasteiger partial charge >= 0.3 is 0 Å². The van der Waals surface area contributed by atoms with Crippen LogP contribution in [0.1, 0.15) is 82.8 Å². The molecular weight excluding hydrogens is 949 g/mol. The van der Waals surface area contributed by atoms with Crippen molar-refractivity contribution in [1.29, 1.82) is 0 Å². The van der Waals surface area contributed by atoms with Gasteiger partial charge in [-0.3, -0.25) is 24.1 Å². The summed E-state index contributed by atoms with van der Waals surface area (Å²) in [6.07, 6.45) is 3.38. The van der Waals surface area contributed by atoms with Crippen LogP contribution >= 0.6 is 0 Å². The average Bonchev–Trinajstić information content (AvgIpc) is 3.86. The highest BCUT2D eigenvalue weighted by Gasteiger charge is 2.24. The number of aromatic nitrogens is 4. The SMILES string of the molecule is CCc1[nH]n2c(-c3ccc(OC)c(NS(C)(=O)=O)c3)nnc2c1Oc1ccc(C(=O)NCCCOc2ccc(C)cc2C)cc1.Cc1cc(NC(=O)c2ccccc2NS(C)(=O)=O)c(O)c(C(C)(C)C)c1. The van der Waals surface area contributed by atoms with Crippen LogP contribution in [0.25, 0.3) is 17.0 Å². The van der Waals surface area contributed by atoms with Crippen molar-refractivity contribution in [2.24, 2.45) is 0 Å². The van der Waals surface area contributed by atoms with Gasteiger partial charge in [0.05, 0.1) is 54.5 Å². The number of H-pyrrole nitrogens is 1. The maximum atomic E-state index is 12.7. The van der Waals surface area contributed by atoms with Crippen LogP contribution in [0.5, 0.6) is 28.7 Å². The minimum Gasteiger partial charge on any atom is -0.505 e. The number of benzene rings is 5. The molecule has 0 radical (unpaired) electrons. The number of carbonyl (C=O) groups is 2. The molecule has 5 aromatic carbocycles. The Balaban J connectivity index is 0.000000270. The number of ether oxygens (including phenoxy) is 3. The Morgan fingerprint density at radius 2 is 1.45 bits per heavy atom.